The molecule has 0 aromatic heterocycles. The van der Waals surface area contributed by atoms with Crippen LogP contribution in [0.4, 0.5) is 5.69 Å². The van der Waals surface area contributed by atoms with Gasteiger partial charge in [0.1, 0.15) is 5.92 Å². The van der Waals surface area contributed by atoms with E-state index >= 15 is 0 Å². The van der Waals surface area contributed by atoms with Gasteiger partial charge in [0.15, 0.2) is 11.4 Å². The normalized spacial score (nSPS) is 22.1. The predicted molar refractivity (Wildman–Crippen MR) is 85.8 cm³/mol. The molecule has 0 spiro atoms. The Morgan fingerprint density at radius 3 is 2.40 bits per heavy atom. The zero-order valence-electron chi connectivity index (χ0n) is 13.8. The maximum atomic E-state index is 12.4. The molecule has 0 N–H and O–H groups in total. The molecule has 2 atom stereocenters. The summed E-state index contributed by atoms with van der Waals surface area (Å²) in [6.07, 6.45) is 3.83. The number of non-ortho nitro benzene ring substituents is 1. The van der Waals surface area contributed by atoms with E-state index < -0.39 is 34.2 Å². The Bertz CT molecular complexity index is 738. The van der Waals surface area contributed by atoms with Crippen LogP contribution >= 0.6 is 0 Å². The first-order valence-corrected chi connectivity index (χ1v) is 7.55. The molecule has 0 heterocycles. The molecule has 132 valence electrons. The molecule has 0 radical (unpaired) electrons. The summed E-state index contributed by atoms with van der Waals surface area (Å²) in [5.41, 5.74) is -1.78. The number of rotatable bonds is 5. The Morgan fingerprint density at radius 1 is 1.24 bits per heavy atom. The number of nitro groups is 1. The second-order valence-corrected chi connectivity index (χ2v) is 5.61. The van der Waals surface area contributed by atoms with Crippen molar-refractivity contribution < 1.29 is 28.8 Å². The molecule has 0 saturated carbocycles. The lowest BCUT2D eigenvalue weighted by Crippen LogP contribution is -2.52. The van der Waals surface area contributed by atoms with Crippen molar-refractivity contribution in [3.63, 3.8) is 0 Å². The number of Topliss-reactive ketones (excluding diaryl/α,β-unsaturated/α-hetero) is 1. The zero-order valence-corrected chi connectivity index (χ0v) is 13.8. The van der Waals surface area contributed by atoms with E-state index in [2.05, 4.69) is 0 Å². The van der Waals surface area contributed by atoms with Crippen LogP contribution in [0.15, 0.2) is 36.4 Å². The number of benzene rings is 1. The van der Waals surface area contributed by atoms with Gasteiger partial charge in [-0.2, -0.15) is 0 Å². The van der Waals surface area contributed by atoms with E-state index in [9.17, 15) is 24.5 Å². The van der Waals surface area contributed by atoms with Gasteiger partial charge in [-0.15, -0.1) is 0 Å². The molecule has 1 aromatic carbocycles. The predicted octanol–water partition coefficient (Wildman–Crippen LogP) is 2.22. The Balaban J connectivity index is 2.33. The number of methoxy groups -OCH3 is 1. The second kappa shape index (κ2) is 7.25. The summed E-state index contributed by atoms with van der Waals surface area (Å²) in [7, 11) is 1.19. The molecule has 8 heteroatoms. The van der Waals surface area contributed by atoms with Crippen molar-refractivity contribution in [2.24, 2.45) is 5.92 Å². The minimum atomic E-state index is -1.65. The van der Waals surface area contributed by atoms with Crippen LogP contribution in [0, 0.1) is 16.0 Å². The molecule has 0 fully saturated rings. The molecule has 0 saturated heterocycles. The number of hydrogen-bond donors (Lipinski definition) is 0. The molecule has 1 aromatic rings. The molecule has 25 heavy (non-hydrogen) atoms. The maximum Gasteiger partial charge on any atom is 0.339 e. The van der Waals surface area contributed by atoms with Crippen molar-refractivity contribution in [2.75, 3.05) is 7.11 Å². The molecular formula is C17H17NO7. The fourth-order valence-electron chi connectivity index (χ4n) is 2.76. The van der Waals surface area contributed by atoms with Gasteiger partial charge in [0.05, 0.1) is 17.6 Å². The SMILES string of the molecule is COC(=O)[C@@H]1C=CCC[C@]1(OC(=O)c1ccc([N+](=O)[O-])cc1)C(C)=O. The van der Waals surface area contributed by atoms with Crippen molar-refractivity contribution in [3.05, 3.63) is 52.1 Å². The minimum Gasteiger partial charge on any atom is -0.468 e. The molecule has 1 aliphatic rings. The summed E-state index contributed by atoms with van der Waals surface area (Å²) in [5, 5.41) is 10.7. The first kappa shape index (κ1) is 18.3. The van der Waals surface area contributed by atoms with Gasteiger partial charge in [0.25, 0.3) is 5.69 Å². The standard InChI is InChI=1S/C17H17NO7/c1-11(19)17(10-4-3-5-14(17)16(21)24-2)25-15(20)12-6-8-13(9-7-12)18(22)23/h3,5-9,14H,4,10H2,1-2H3/t14-,17-/m0/s1. The summed E-state index contributed by atoms with van der Waals surface area (Å²) in [4.78, 5) is 46.8. The van der Waals surface area contributed by atoms with E-state index in [0.717, 1.165) is 12.1 Å². The second-order valence-electron chi connectivity index (χ2n) is 5.61. The number of nitro benzene ring substituents is 1. The molecule has 0 bridgehead atoms. The highest BCUT2D eigenvalue weighted by Gasteiger charge is 2.51. The van der Waals surface area contributed by atoms with E-state index in [4.69, 9.17) is 9.47 Å². The van der Waals surface area contributed by atoms with Gasteiger partial charge < -0.3 is 9.47 Å². The third-order valence-electron chi connectivity index (χ3n) is 4.15. The van der Waals surface area contributed by atoms with Crippen molar-refractivity contribution in [1.82, 2.24) is 0 Å². The topological polar surface area (TPSA) is 113 Å². The Labute approximate surface area is 143 Å². The number of ketones is 1. The van der Waals surface area contributed by atoms with E-state index in [1.165, 1.54) is 32.2 Å². The average molecular weight is 347 g/mol. The van der Waals surface area contributed by atoms with Crippen LogP contribution in [-0.2, 0) is 19.1 Å². The number of hydrogen-bond acceptors (Lipinski definition) is 7. The molecule has 0 aliphatic heterocycles. The van der Waals surface area contributed by atoms with Crippen molar-refractivity contribution in [1.29, 1.82) is 0 Å². The largest absolute Gasteiger partial charge is 0.468 e. The summed E-state index contributed by atoms with van der Waals surface area (Å²) in [6, 6.07) is 4.80. The van der Waals surface area contributed by atoms with Gasteiger partial charge in [-0.25, -0.2) is 4.79 Å². The monoisotopic (exact) mass is 347 g/mol. The van der Waals surface area contributed by atoms with Crippen LogP contribution in [-0.4, -0.2) is 35.4 Å². The van der Waals surface area contributed by atoms with Crippen LogP contribution < -0.4 is 0 Å². The Hall–Kier alpha value is -3.03. The van der Waals surface area contributed by atoms with Crippen LogP contribution in [0.25, 0.3) is 0 Å². The van der Waals surface area contributed by atoms with Crippen molar-refractivity contribution in [2.45, 2.75) is 25.4 Å². The fraction of sp³-hybridized carbons (Fsp3) is 0.353. The van der Waals surface area contributed by atoms with Gasteiger partial charge in [0, 0.05) is 12.1 Å². The third-order valence-corrected chi connectivity index (χ3v) is 4.15. The molecule has 8 nitrogen and oxygen atoms in total. The number of esters is 2. The lowest BCUT2D eigenvalue weighted by Gasteiger charge is -2.37. The first-order chi connectivity index (χ1) is 11.8. The van der Waals surface area contributed by atoms with Crippen LogP contribution in [0.1, 0.15) is 30.1 Å². The van der Waals surface area contributed by atoms with Crippen LogP contribution in [0.3, 0.4) is 0 Å². The smallest absolute Gasteiger partial charge is 0.339 e. The van der Waals surface area contributed by atoms with Gasteiger partial charge in [-0.05, 0) is 31.9 Å². The summed E-state index contributed by atoms with van der Waals surface area (Å²) >= 11 is 0. The highest BCUT2D eigenvalue weighted by atomic mass is 16.6. The minimum absolute atomic E-state index is 0.0457. The summed E-state index contributed by atoms with van der Waals surface area (Å²) in [6.45, 7) is 1.25. The van der Waals surface area contributed by atoms with Crippen LogP contribution in [0.5, 0.6) is 0 Å². The number of carbonyl (C=O) groups is 3. The third kappa shape index (κ3) is 3.57. The molecule has 0 amide bonds. The number of allylic oxidation sites excluding steroid dienone is 1. The summed E-state index contributed by atoms with van der Waals surface area (Å²) < 4.78 is 10.2. The number of ether oxygens (including phenoxy) is 2. The maximum absolute atomic E-state index is 12.4. The average Bonchev–Trinajstić information content (AvgIpc) is 2.61. The van der Waals surface area contributed by atoms with Crippen molar-refractivity contribution >= 4 is 23.4 Å². The van der Waals surface area contributed by atoms with Gasteiger partial charge >= 0.3 is 11.9 Å². The van der Waals surface area contributed by atoms with E-state index in [-0.39, 0.29) is 17.7 Å². The highest BCUT2D eigenvalue weighted by molar-refractivity contribution is 5.97. The fourth-order valence-corrected chi connectivity index (χ4v) is 2.76. The number of nitrogens with zero attached hydrogens (tertiary/aromatic N) is 1. The van der Waals surface area contributed by atoms with Gasteiger partial charge in [-0.1, -0.05) is 12.2 Å². The Kier molecular flexibility index (Phi) is 5.31. The van der Waals surface area contributed by atoms with E-state index in [1.807, 2.05) is 0 Å². The summed E-state index contributed by atoms with van der Waals surface area (Å²) in [5.74, 6) is -3.02. The van der Waals surface area contributed by atoms with Gasteiger partial charge in [0.2, 0.25) is 0 Å². The molecule has 0 unspecified atom stereocenters. The van der Waals surface area contributed by atoms with Crippen LogP contribution in [0.2, 0.25) is 0 Å². The van der Waals surface area contributed by atoms with Gasteiger partial charge in [-0.3, -0.25) is 19.7 Å². The number of carbonyl (C=O) groups excluding carboxylic acids is 3. The quantitative estimate of drug-likeness (QED) is 0.347. The molecular weight excluding hydrogens is 330 g/mol. The van der Waals surface area contributed by atoms with Crippen molar-refractivity contribution in [3.8, 4) is 0 Å². The Morgan fingerprint density at radius 2 is 1.88 bits per heavy atom. The lowest BCUT2D eigenvalue weighted by atomic mass is 9.76. The lowest BCUT2D eigenvalue weighted by molar-refractivity contribution is -0.384. The van der Waals surface area contributed by atoms with E-state index in [0.29, 0.717) is 6.42 Å². The first-order valence-electron chi connectivity index (χ1n) is 7.55. The molecule has 1 aliphatic carbocycles. The van der Waals surface area contributed by atoms with E-state index in [1.54, 1.807) is 6.08 Å². The molecule has 2 rings (SSSR count). The highest BCUT2D eigenvalue weighted by Crippen LogP contribution is 2.36. The zero-order chi connectivity index (χ0) is 18.6.